The van der Waals surface area contributed by atoms with Crippen LogP contribution in [0.15, 0.2) is 71.1 Å². The number of ether oxygens (including phenoxy) is 2. The minimum absolute atomic E-state index is 0.0552. The van der Waals surface area contributed by atoms with Crippen LogP contribution >= 0.6 is 0 Å². The highest BCUT2D eigenvalue weighted by Crippen LogP contribution is 2.26. The number of pyridine rings is 1. The summed E-state index contributed by atoms with van der Waals surface area (Å²) >= 11 is 0. The number of hydrogen-bond donors (Lipinski definition) is 0. The first-order valence-corrected chi connectivity index (χ1v) is 9.36. The summed E-state index contributed by atoms with van der Waals surface area (Å²) in [5.41, 5.74) is 3.86. The van der Waals surface area contributed by atoms with Crippen molar-refractivity contribution in [3.8, 4) is 11.3 Å². The van der Waals surface area contributed by atoms with E-state index < -0.39 is 11.9 Å². The second-order valence-corrected chi connectivity index (χ2v) is 6.77. The molecule has 0 saturated carbocycles. The number of carbonyl (C=O) groups is 2. The average Bonchev–Trinajstić information content (AvgIpc) is 3.26. The highest BCUT2D eigenvalue weighted by Gasteiger charge is 2.17. The molecule has 0 spiro atoms. The van der Waals surface area contributed by atoms with Crippen LogP contribution < -0.4 is 0 Å². The Morgan fingerprint density at radius 1 is 0.967 bits per heavy atom. The Labute approximate surface area is 173 Å². The number of methoxy groups -OCH3 is 1. The number of fused-ring (bicyclic) bond motifs is 1. The summed E-state index contributed by atoms with van der Waals surface area (Å²) < 4.78 is 15.4. The number of esters is 2. The number of aromatic nitrogens is 1. The van der Waals surface area contributed by atoms with Gasteiger partial charge in [0.2, 0.25) is 5.76 Å². The van der Waals surface area contributed by atoms with Gasteiger partial charge >= 0.3 is 11.9 Å². The maximum atomic E-state index is 12.9. The van der Waals surface area contributed by atoms with Crippen molar-refractivity contribution in [3.05, 3.63) is 89.4 Å². The van der Waals surface area contributed by atoms with Gasteiger partial charge in [-0.1, -0.05) is 48.0 Å². The molecule has 0 aliphatic carbocycles. The van der Waals surface area contributed by atoms with Crippen molar-refractivity contribution in [1.29, 1.82) is 0 Å². The summed E-state index contributed by atoms with van der Waals surface area (Å²) in [7, 11) is 1.27. The lowest BCUT2D eigenvalue weighted by atomic mass is 10.0. The number of rotatable bonds is 5. The van der Waals surface area contributed by atoms with Crippen molar-refractivity contribution in [2.24, 2.45) is 0 Å². The Kier molecular flexibility index (Phi) is 5.30. The van der Waals surface area contributed by atoms with E-state index in [0.717, 1.165) is 11.1 Å². The van der Waals surface area contributed by atoms with E-state index in [1.165, 1.54) is 13.2 Å². The van der Waals surface area contributed by atoms with Gasteiger partial charge in [-0.15, -0.1) is 0 Å². The van der Waals surface area contributed by atoms with Crippen molar-refractivity contribution < 1.29 is 23.5 Å². The van der Waals surface area contributed by atoms with Crippen LogP contribution in [-0.4, -0.2) is 24.0 Å². The predicted octanol–water partition coefficient (Wildman–Crippen LogP) is 4.95. The Morgan fingerprint density at radius 2 is 1.73 bits per heavy atom. The third-order valence-electron chi connectivity index (χ3n) is 4.68. The maximum absolute atomic E-state index is 12.9. The van der Waals surface area contributed by atoms with E-state index in [0.29, 0.717) is 27.9 Å². The predicted molar refractivity (Wildman–Crippen MR) is 111 cm³/mol. The van der Waals surface area contributed by atoms with E-state index in [2.05, 4.69) is 4.74 Å². The Hall–Kier alpha value is -3.93. The minimum Gasteiger partial charge on any atom is -0.463 e. The van der Waals surface area contributed by atoms with Crippen LogP contribution in [0.4, 0.5) is 0 Å². The molecule has 0 N–H and O–H groups in total. The minimum atomic E-state index is -0.588. The molecule has 2 aromatic carbocycles. The summed E-state index contributed by atoms with van der Waals surface area (Å²) in [5.74, 6) is -0.686. The fraction of sp³-hybridized carbons (Fsp3) is 0.125. The standard InChI is InChI=1S/C24H19NO5/c1-15-7-9-16(10-8-15)21-13-19(18-5-3-4-6-20(18)25-21)23(26)29-14-17-11-12-22(30-17)24(27)28-2/h3-13H,14H2,1-2H3. The Balaban J connectivity index is 1.63. The van der Waals surface area contributed by atoms with Crippen LogP contribution in [0.3, 0.4) is 0 Å². The lowest BCUT2D eigenvalue weighted by Gasteiger charge is -2.10. The molecular weight excluding hydrogens is 382 g/mol. The molecule has 0 fully saturated rings. The number of carbonyl (C=O) groups excluding carboxylic acids is 2. The zero-order valence-corrected chi connectivity index (χ0v) is 16.5. The zero-order valence-electron chi connectivity index (χ0n) is 16.5. The maximum Gasteiger partial charge on any atom is 0.373 e. The highest BCUT2D eigenvalue weighted by atomic mass is 16.5. The monoisotopic (exact) mass is 401 g/mol. The third-order valence-corrected chi connectivity index (χ3v) is 4.68. The van der Waals surface area contributed by atoms with Gasteiger partial charge in [0, 0.05) is 10.9 Å². The van der Waals surface area contributed by atoms with Crippen LogP contribution in [0.5, 0.6) is 0 Å². The number of benzene rings is 2. The van der Waals surface area contributed by atoms with Gasteiger partial charge < -0.3 is 13.9 Å². The summed E-state index contributed by atoms with van der Waals surface area (Å²) in [6, 6.07) is 20.1. The highest BCUT2D eigenvalue weighted by molar-refractivity contribution is 6.04. The fourth-order valence-corrected chi connectivity index (χ4v) is 3.10. The number of nitrogens with zero attached hydrogens (tertiary/aromatic N) is 1. The molecule has 0 radical (unpaired) electrons. The molecule has 0 atom stereocenters. The number of para-hydroxylation sites is 1. The average molecular weight is 401 g/mol. The fourth-order valence-electron chi connectivity index (χ4n) is 3.10. The normalized spacial score (nSPS) is 10.7. The molecular formula is C24H19NO5. The number of hydrogen-bond acceptors (Lipinski definition) is 6. The quantitative estimate of drug-likeness (QED) is 0.441. The van der Waals surface area contributed by atoms with E-state index in [1.54, 1.807) is 12.1 Å². The lowest BCUT2D eigenvalue weighted by molar-refractivity contribution is 0.0440. The molecule has 0 aliphatic rings. The summed E-state index contributed by atoms with van der Waals surface area (Å²) in [6.07, 6.45) is 0. The van der Waals surface area contributed by atoms with E-state index in [1.807, 2.05) is 55.5 Å². The Bertz CT molecular complexity index is 1220. The van der Waals surface area contributed by atoms with Gasteiger partial charge in [-0.05, 0) is 31.2 Å². The van der Waals surface area contributed by atoms with Crippen molar-refractivity contribution in [2.45, 2.75) is 13.5 Å². The zero-order chi connectivity index (χ0) is 21.1. The molecule has 0 saturated heterocycles. The molecule has 6 nitrogen and oxygen atoms in total. The smallest absolute Gasteiger partial charge is 0.373 e. The second-order valence-electron chi connectivity index (χ2n) is 6.77. The van der Waals surface area contributed by atoms with Gasteiger partial charge in [0.15, 0.2) is 0 Å². The first kappa shape index (κ1) is 19.4. The van der Waals surface area contributed by atoms with Crippen LogP contribution in [0.1, 0.15) is 32.2 Å². The SMILES string of the molecule is COC(=O)c1ccc(COC(=O)c2cc(-c3ccc(C)cc3)nc3ccccc23)o1. The van der Waals surface area contributed by atoms with E-state index >= 15 is 0 Å². The largest absolute Gasteiger partial charge is 0.463 e. The van der Waals surface area contributed by atoms with Crippen molar-refractivity contribution in [3.63, 3.8) is 0 Å². The first-order chi connectivity index (χ1) is 14.5. The van der Waals surface area contributed by atoms with Gasteiger partial charge in [0.1, 0.15) is 12.4 Å². The molecule has 4 rings (SSSR count). The molecule has 0 aliphatic heterocycles. The molecule has 6 heteroatoms. The van der Waals surface area contributed by atoms with Crippen LogP contribution in [-0.2, 0) is 16.1 Å². The van der Waals surface area contributed by atoms with Crippen molar-refractivity contribution in [2.75, 3.05) is 7.11 Å². The van der Waals surface area contributed by atoms with Gasteiger partial charge in [-0.3, -0.25) is 0 Å². The van der Waals surface area contributed by atoms with Crippen molar-refractivity contribution >= 4 is 22.8 Å². The van der Waals surface area contributed by atoms with Crippen LogP contribution in [0, 0.1) is 6.92 Å². The third kappa shape index (κ3) is 3.93. The van der Waals surface area contributed by atoms with Gasteiger partial charge in [0.25, 0.3) is 0 Å². The Morgan fingerprint density at radius 3 is 2.50 bits per heavy atom. The van der Waals surface area contributed by atoms with Gasteiger partial charge in [0.05, 0.1) is 23.9 Å². The second kappa shape index (κ2) is 8.21. The van der Waals surface area contributed by atoms with Gasteiger partial charge in [-0.25, -0.2) is 14.6 Å². The van der Waals surface area contributed by atoms with E-state index in [4.69, 9.17) is 14.1 Å². The number of aryl methyl sites for hydroxylation is 1. The molecule has 30 heavy (non-hydrogen) atoms. The topological polar surface area (TPSA) is 78.6 Å². The molecule has 0 bridgehead atoms. The molecule has 0 amide bonds. The molecule has 2 aromatic heterocycles. The molecule has 0 unspecified atom stereocenters. The molecule has 150 valence electrons. The van der Waals surface area contributed by atoms with Gasteiger partial charge in [-0.2, -0.15) is 0 Å². The summed E-state index contributed by atoms with van der Waals surface area (Å²) in [5, 5.41) is 0.702. The summed E-state index contributed by atoms with van der Waals surface area (Å²) in [6.45, 7) is 1.91. The van der Waals surface area contributed by atoms with Crippen LogP contribution in [0.2, 0.25) is 0 Å². The first-order valence-electron chi connectivity index (χ1n) is 9.36. The van der Waals surface area contributed by atoms with Crippen molar-refractivity contribution in [1.82, 2.24) is 4.98 Å². The van der Waals surface area contributed by atoms with E-state index in [-0.39, 0.29) is 12.4 Å². The number of furan rings is 1. The summed E-state index contributed by atoms with van der Waals surface area (Å²) in [4.78, 5) is 29.1. The van der Waals surface area contributed by atoms with E-state index in [9.17, 15) is 9.59 Å². The molecule has 4 aromatic rings. The molecule has 2 heterocycles. The lowest BCUT2D eigenvalue weighted by Crippen LogP contribution is -2.07. The van der Waals surface area contributed by atoms with Crippen LogP contribution in [0.25, 0.3) is 22.2 Å².